The highest BCUT2D eigenvalue weighted by Gasteiger charge is 2.38. The lowest BCUT2D eigenvalue weighted by Gasteiger charge is -2.31. The normalized spacial score (nSPS) is 22.2. The Hall–Kier alpha value is -2.78. The number of benzene rings is 1. The number of amides is 1. The molecule has 5 rings (SSSR count). The highest BCUT2D eigenvalue weighted by atomic mass is 16.3. The third kappa shape index (κ3) is 3.00. The third-order valence-corrected chi connectivity index (χ3v) is 6.31. The zero-order chi connectivity index (χ0) is 21.0. The molecule has 1 saturated heterocycles. The van der Waals surface area contributed by atoms with Crippen LogP contribution < -0.4 is 0 Å². The van der Waals surface area contributed by atoms with E-state index in [4.69, 9.17) is 0 Å². The molecule has 2 aliphatic heterocycles. The van der Waals surface area contributed by atoms with E-state index in [0.717, 1.165) is 22.6 Å². The average molecular weight is 409 g/mol. The van der Waals surface area contributed by atoms with E-state index in [1.165, 1.54) is 0 Å². The molecule has 1 aromatic carbocycles. The Kier molecular flexibility index (Phi) is 4.59. The summed E-state index contributed by atoms with van der Waals surface area (Å²) < 4.78 is 3.87. The number of carbonyl (C=O) groups is 1. The predicted octanol–water partition coefficient (Wildman–Crippen LogP) is 1.34. The first kappa shape index (κ1) is 19.2. The van der Waals surface area contributed by atoms with E-state index in [2.05, 4.69) is 38.6 Å². The van der Waals surface area contributed by atoms with Crippen molar-refractivity contribution in [3.63, 3.8) is 0 Å². The minimum atomic E-state index is -0.343. The van der Waals surface area contributed by atoms with E-state index in [1.54, 1.807) is 9.58 Å². The van der Waals surface area contributed by atoms with Gasteiger partial charge in [-0.1, -0.05) is 18.2 Å². The Bertz CT molecular complexity index is 1100. The van der Waals surface area contributed by atoms with Gasteiger partial charge >= 0.3 is 0 Å². The molecular formula is C21H27N7O2. The van der Waals surface area contributed by atoms with Gasteiger partial charge in [0.05, 0.1) is 24.2 Å². The Morgan fingerprint density at radius 2 is 2.00 bits per heavy atom. The Labute approximate surface area is 174 Å². The molecule has 4 heterocycles. The topological polar surface area (TPSA) is 92.3 Å². The zero-order valence-electron chi connectivity index (χ0n) is 17.6. The van der Waals surface area contributed by atoms with Crippen molar-refractivity contribution in [3.8, 4) is 0 Å². The van der Waals surface area contributed by atoms with Gasteiger partial charge in [0.1, 0.15) is 0 Å². The van der Waals surface area contributed by atoms with Crippen molar-refractivity contribution in [3.05, 3.63) is 41.6 Å². The van der Waals surface area contributed by atoms with Gasteiger partial charge in [0, 0.05) is 38.1 Å². The molecule has 9 nitrogen and oxygen atoms in total. The molecule has 2 aromatic heterocycles. The van der Waals surface area contributed by atoms with Gasteiger partial charge in [0.15, 0.2) is 17.3 Å². The number of carbonyl (C=O) groups excluding carboxylic acids is 1. The second-order valence-electron chi connectivity index (χ2n) is 8.54. The molecule has 9 heteroatoms. The van der Waals surface area contributed by atoms with Crippen LogP contribution in [0.5, 0.6) is 0 Å². The number of rotatable bonds is 3. The molecule has 1 fully saturated rings. The summed E-state index contributed by atoms with van der Waals surface area (Å²) in [6.07, 6.45) is 0.322. The lowest BCUT2D eigenvalue weighted by atomic mass is 10.1. The van der Waals surface area contributed by atoms with Gasteiger partial charge in [-0.3, -0.25) is 14.4 Å². The van der Waals surface area contributed by atoms with Crippen LogP contribution in [0, 0.1) is 0 Å². The van der Waals surface area contributed by atoms with Gasteiger partial charge in [-0.15, -0.1) is 10.2 Å². The van der Waals surface area contributed by atoms with Crippen LogP contribution in [0.15, 0.2) is 24.3 Å². The molecule has 0 spiro atoms. The summed E-state index contributed by atoms with van der Waals surface area (Å²) in [5, 5.41) is 24.4. The van der Waals surface area contributed by atoms with E-state index >= 15 is 0 Å². The van der Waals surface area contributed by atoms with Gasteiger partial charge in [0.25, 0.3) is 5.91 Å². The maximum absolute atomic E-state index is 13.2. The SMILES string of the molecule is CC(C)N1C[C@@H](O)C[C@H]1c1nnc2n1CCN(C(=O)c1nn(C)c3ccccc13)C2. The van der Waals surface area contributed by atoms with Crippen LogP contribution in [0.4, 0.5) is 0 Å². The Morgan fingerprint density at radius 1 is 1.20 bits per heavy atom. The summed E-state index contributed by atoms with van der Waals surface area (Å²) in [7, 11) is 1.86. The number of hydrogen-bond acceptors (Lipinski definition) is 6. The quantitative estimate of drug-likeness (QED) is 0.702. The minimum absolute atomic E-state index is 0.0586. The Morgan fingerprint density at radius 3 is 2.80 bits per heavy atom. The number of hydrogen-bond donors (Lipinski definition) is 1. The summed E-state index contributed by atoms with van der Waals surface area (Å²) in [4.78, 5) is 17.3. The van der Waals surface area contributed by atoms with Crippen LogP contribution in [-0.2, 0) is 20.1 Å². The van der Waals surface area contributed by atoms with Crippen LogP contribution in [0.25, 0.3) is 10.9 Å². The molecule has 2 atom stereocenters. The molecule has 1 amide bonds. The first-order valence-electron chi connectivity index (χ1n) is 10.5. The fourth-order valence-corrected chi connectivity index (χ4v) is 4.78. The number of likely N-dealkylation sites (tertiary alicyclic amines) is 1. The van der Waals surface area contributed by atoms with E-state index < -0.39 is 0 Å². The second-order valence-corrected chi connectivity index (χ2v) is 8.54. The van der Waals surface area contributed by atoms with E-state index in [-0.39, 0.29) is 18.1 Å². The first-order valence-corrected chi connectivity index (χ1v) is 10.5. The van der Waals surface area contributed by atoms with E-state index in [0.29, 0.717) is 44.3 Å². The molecular weight excluding hydrogens is 382 g/mol. The van der Waals surface area contributed by atoms with Crippen molar-refractivity contribution >= 4 is 16.8 Å². The molecule has 0 aliphatic carbocycles. The zero-order valence-corrected chi connectivity index (χ0v) is 17.6. The highest BCUT2D eigenvalue weighted by Crippen LogP contribution is 2.34. The van der Waals surface area contributed by atoms with Crippen molar-refractivity contribution in [2.75, 3.05) is 13.1 Å². The smallest absolute Gasteiger partial charge is 0.275 e. The fraction of sp³-hybridized carbons (Fsp3) is 0.524. The molecule has 0 unspecified atom stereocenters. The predicted molar refractivity (Wildman–Crippen MR) is 111 cm³/mol. The highest BCUT2D eigenvalue weighted by molar-refractivity contribution is 6.04. The lowest BCUT2D eigenvalue weighted by molar-refractivity contribution is 0.0699. The first-order chi connectivity index (χ1) is 14.4. The van der Waals surface area contributed by atoms with Gasteiger partial charge in [-0.25, -0.2) is 0 Å². The minimum Gasteiger partial charge on any atom is -0.392 e. The van der Waals surface area contributed by atoms with Crippen LogP contribution in [-0.4, -0.2) is 70.6 Å². The van der Waals surface area contributed by atoms with E-state index in [1.807, 2.05) is 31.3 Å². The molecule has 30 heavy (non-hydrogen) atoms. The van der Waals surface area contributed by atoms with Crippen molar-refractivity contribution < 1.29 is 9.90 Å². The molecule has 0 radical (unpaired) electrons. The van der Waals surface area contributed by atoms with Crippen LogP contribution in [0.3, 0.4) is 0 Å². The number of β-amino-alcohol motifs (C(OH)–C–C–N with tert-alkyl or cyclic N) is 1. The van der Waals surface area contributed by atoms with E-state index in [9.17, 15) is 9.90 Å². The molecule has 2 aliphatic rings. The van der Waals surface area contributed by atoms with Crippen LogP contribution >= 0.6 is 0 Å². The van der Waals surface area contributed by atoms with Gasteiger partial charge in [0.2, 0.25) is 0 Å². The van der Waals surface area contributed by atoms with Crippen molar-refractivity contribution in [2.45, 2.75) is 51.5 Å². The number of aromatic nitrogens is 5. The standard InChI is InChI=1S/C21H27N7O2/c1-13(2)28-11-14(29)10-17(28)20-23-22-18-12-26(8-9-27(18)20)21(30)19-15-6-4-5-7-16(15)25(3)24-19/h4-7,13-14,17,29H,8-12H2,1-3H3/t14-,17-/m0/s1. The van der Waals surface area contributed by atoms with Crippen molar-refractivity contribution in [1.29, 1.82) is 0 Å². The lowest BCUT2D eigenvalue weighted by Crippen LogP contribution is -2.40. The number of aliphatic hydroxyl groups excluding tert-OH is 1. The summed E-state index contributed by atoms with van der Waals surface area (Å²) in [6, 6.07) is 8.16. The van der Waals surface area contributed by atoms with Gasteiger partial charge in [-0.05, 0) is 26.3 Å². The molecule has 0 saturated carbocycles. The number of nitrogens with zero attached hydrogens (tertiary/aromatic N) is 7. The third-order valence-electron chi connectivity index (χ3n) is 6.31. The molecule has 1 N–H and O–H groups in total. The number of para-hydroxylation sites is 1. The van der Waals surface area contributed by atoms with Gasteiger partial charge < -0.3 is 14.6 Å². The second kappa shape index (κ2) is 7.17. The molecule has 0 bridgehead atoms. The summed E-state index contributed by atoms with van der Waals surface area (Å²) >= 11 is 0. The van der Waals surface area contributed by atoms with Crippen LogP contribution in [0.1, 0.15) is 48.4 Å². The van der Waals surface area contributed by atoms with Gasteiger partial charge in [-0.2, -0.15) is 5.10 Å². The number of aryl methyl sites for hydroxylation is 1. The fourth-order valence-electron chi connectivity index (χ4n) is 4.78. The summed E-state index contributed by atoms with van der Waals surface area (Å²) in [5.74, 6) is 1.60. The monoisotopic (exact) mass is 409 g/mol. The molecule has 158 valence electrons. The summed E-state index contributed by atoms with van der Waals surface area (Å²) in [6.45, 7) is 6.56. The van der Waals surface area contributed by atoms with Crippen molar-refractivity contribution in [2.24, 2.45) is 7.05 Å². The average Bonchev–Trinajstić information content (AvgIpc) is 3.42. The summed E-state index contributed by atoms with van der Waals surface area (Å²) in [5.41, 5.74) is 1.42. The maximum Gasteiger partial charge on any atom is 0.275 e. The molecule has 3 aromatic rings. The van der Waals surface area contributed by atoms with Crippen molar-refractivity contribution in [1.82, 2.24) is 34.3 Å². The Balaban J connectivity index is 1.41. The number of aliphatic hydroxyl groups is 1. The largest absolute Gasteiger partial charge is 0.392 e. The maximum atomic E-state index is 13.2. The van der Waals surface area contributed by atoms with Crippen LogP contribution in [0.2, 0.25) is 0 Å². The number of fused-ring (bicyclic) bond motifs is 2.